The molecule has 0 fully saturated rings. The number of benzene rings is 1. The van der Waals surface area contributed by atoms with Gasteiger partial charge in [-0.15, -0.1) is 11.3 Å². The van der Waals surface area contributed by atoms with Crippen molar-refractivity contribution in [1.82, 2.24) is 0 Å². The summed E-state index contributed by atoms with van der Waals surface area (Å²) in [7, 11) is 0. The van der Waals surface area contributed by atoms with Crippen LogP contribution < -0.4 is 5.32 Å². The number of anilines is 1. The normalized spacial score (nSPS) is 10.2. The number of hydrogen-bond acceptors (Lipinski definition) is 4. The summed E-state index contributed by atoms with van der Waals surface area (Å²) in [6, 6.07) is 7.64. The van der Waals surface area contributed by atoms with Gasteiger partial charge in [0.25, 0.3) is 0 Å². The van der Waals surface area contributed by atoms with Crippen LogP contribution in [-0.4, -0.2) is 18.5 Å². The maximum absolute atomic E-state index is 12.4. The number of rotatable bonds is 5. The lowest BCUT2D eigenvalue weighted by atomic mass is 10.0. The Morgan fingerprint density at radius 1 is 1.25 bits per heavy atom. The second-order valence-electron chi connectivity index (χ2n) is 5.29. The number of carbonyl (C=O) groups is 2. The molecule has 1 aromatic carbocycles. The molecule has 0 aliphatic carbocycles. The van der Waals surface area contributed by atoms with Crippen molar-refractivity contribution in [2.45, 2.75) is 20.8 Å². The van der Waals surface area contributed by atoms with Crippen molar-refractivity contribution in [3.63, 3.8) is 0 Å². The Kier molecular flexibility index (Phi) is 6.34. The van der Waals surface area contributed by atoms with E-state index < -0.39 is 5.97 Å². The van der Waals surface area contributed by atoms with Crippen LogP contribution in [0.1, 0.15) is 31.1 Å². The van der Waals surface area contributed by atoms with Gasteiger partial charge in [0, 0.05) is 21.5 Å². The zero-order valence-corrected chi connectivity index (χ0v) is 16.1. The highest BCUT2D eigenvalue weighted by Crippen LogP contribution is 2.36. The highest BCUT2D eigenvalue weighted by atomic mass is 79.9. The number of ether oxygens (including phenoxy) is 1. The van der Waals surface area contributed by atoms with E-state index >= 15 is 0 Å². The van der Waals surface area contributed by atoms with Gasteiger partial charge in [0.2, 0.25) is 5.91 Å². The molecular formula is C18H18BrNO3S. The Balaban J connectivity index is 2.45. The molecule has 2 aromatic rings. The van der Waals surface area contributed by atoms with Gasteiger partial charge in [-0.05, 0) is 38.5 Å². The third-order valence-electron chi connectivity index (χ3n) is 3.08. The highest BCUT2D eigenvalue weighted by Gasteiger charge is 2.22. The fraction of sp³-hybridized carbons (Fsp3) is 0.222. The Bertz CT molecular complexity index is 774. The van der Waals surface area contributed by atoms with Gasteiger partial charge in [-0.2, -0.15) is 0 Å². The fourth-order valence-corrected chi connectivity index (χ4v) is 3.33. The number of nitrogens with one attached hydrogen (secondary N) is 1. The molecule has 24 heavy (non-hydrogen) atoms. The molecule has 0 unspecified atom stereocenters. The van der Waals surface area contributed by atoms with Crippen LogP contribution in [0.3, 0.4) is 0 Å². The summed E-state index contributed by atoms with van der Waals surface area (Å²) < 4.78 is 6.12. The second kappa shape index (κ2) is 8.26. The number of thiophene rings is 1. The molecule has 0 saturated heterocycles. The molecule has 2 rings (SSSR count). The zero-order chi connectivity index (χ0) is 17.7. The molecule has 0 aliphatic rings. The van der Waals surface area contributed by atoms with Gasteiger partial charge in [-0.25, -0.2) is 4.79 Å². The summed E-state index contributed by atoms with van der Waals surface area (Å²) in [5.74, 6) is -0.700. The molecule has 4 nitrogen and oxygen atoms in total. The molecule has 1 heterocycles. The van der Waals surface area contributed by atoms with E-state index in [0.29, 0.717) is 10.6 Å². The summed E-state index contributed by atoms with van der Waals surface area (Å²) in [5.41, 5.74) is 2.91. The third kappa shape index (κ3) is 4.55. The van der Waals surface area contributed by atoms with E-state index in [1.807, 2.05) is 43.5 Å². The van der Waals surface area contributed by atoms with Crippen molar-refractivity contribution < 1.29 is 14.3 Å². The van der Waals surface area contributed by atoms with E-state index in [1.54, 1.807) is 6.92 Å². The number of allylic oxidation sites excluding steroid dienone is 1. The number of amides is 1. The van der Waals surface area contributed by atoms with Crippen LogP contribution >= 0.6 is 27.3 Å². The molecule has 126 valence electrons. The number of esters is 1. The number of carbonyl (C=O) groups excluding carboxylic acids is 2. The van der Waals surface area contributed by atoms with E-state index in [9.17, 15) is 9.59 Å². The molecule has 0 spiro atoms. The maximum atomic E-state index is 12.4. The molecule has 1 N–H and O–H groups in total. The second-order valence-corrected chi connectivity index (χ2v) is 7.09. The van der Waals surface area contributed by atoms with Crippen molar-refractivity contribution in [3.05, 3.63) is 51.3 Å². The highest BCUT2D eigenvalue weighted by molar-refractivity contribution is 9.10. The van der Waals surface area contributed by atoms with Gasteiger partial charge in [0.1, 0.15) is 10.6 Å². The van der Waals surface area contributed by atoms with E-state index in [2.05, 4.69) is 21.2 Å². The Labute approximate surface area is 153 Å². The van der Waals surface area contributed by atoms with Crippen molar-refractivity contribution >= 4 is 44.1 Å². The smallest absolute Gasteiger partial charge is 0.341 e. The molecule has 6 heteroatoms. The van der Waals surface area contributed by atoms with Gasteiger partial charge in [0.15, 0.2) is 0 Å². The minimum absolute atomic E-state index is 0.259. The molecule has 1 amide bonds. The summed E-state index contributed by atoms with van der Waals surface area (Å²) in [5, 5.41) is 5.12. The van der Waals surface area contributed by atoms with E-state index in [1.165, 1.54) is 17.4 Å². The fourth-order valence-electron chi connectivity index (χ4n) is 2.11. The van der Waals surface area contributed by atoms with Crippen molar-refractivity contribution in [3.8, 4) is 11.1 Å². The zero-order valence-electron chi connectivity index (χ0n) is 13.7. The summed E-state index contributed by atoms with van der Waals surface area (Å²) >= 11 is 4.71. The SMILES string of the molecule is CCOC(=O)c1c(-c2ccc(Br)cc2)csc1NC(=O)C=C(C)C. The van der Waals surface area contributed by atoms with Crippen LogP contribution in [0.5, 0.6) is 0 Å². The van der Waals surface area contributed by atoms with Gasteiger partial charge >= 0.3 is 5.97 Å². The molecule has 0 atom stereocenters. The Hall–Kier alpha value is -1.92. The standard InChI is InChI=1S/C18H18BrNO3S/c1-4-23-18(22)16-14(12-5-7-13(19)8-6-12)10-24-17(16)20-15(21)9-11(2)3/h5-10H,4H2,1-3H3,(H,20,21). The largest absolute Gasteiger partial charge is 0.462 e. The van der Waals surface area contributed by atoms with Gasteiger partial charge in [-0.1, -0.05) is 33.6 Å². The van der Waals surface area contributed by atoms with Crippen LogP contribution in [0.15, 0.2) is 45.8 Å². The molecule has 1 aromatic heterocycles. The van der Waals surface area contributed by atoms with Crippen LogP contribution in [0.25, 0.3) is 11.1 Å². The van der Waals surface area contributed by atoms with Crippen LogP contribution in [0, 0.1) is 0 Å². The third-order valence-corrected chi connectivity index (χ3v) is 4.51. The molecule has 0 aliphatic heterocycles. The first-order valence-corrected chi connectivity index (χ1v) is 9.10. The molecule has 0 radical (unpaired) electrons. The monoisotopic (exact) mass is 407 g/mol. The predicted molar refractivity (Wildman–Crippen MR) is 101 cm³/mol. The number of halogens is 1. The Morgan fingerprint density at radius 2 is 1.92 bits per heavy atom. The first-order chi connectivity index (χ1) is 11.4. The summed E-state index contributed by atoms with van der Waals surface area (Å²) in [6.45, 7) is 5.71. The average Bonchev–Trinajstić information content (AvgIpc) is 2.91. The lowest BCUT2D eigenvalue weighted by Crippen LogP contribution is -2.12. The minimum atomic E-state index is -0.441. The lowest BCUT2D eigenvalue weighted by Gasteiger charge is -2.08. The Morgan fingerprint density at radius 3 is 2.50 bits per heavy atom. The van der Waals surface area contributed by atoms with Crippen molar-refractivity contribution in [2.75, 3.05) is 11.9 Å². The van der Waals surface area contributed by atoms with Gasteiger partial charge in [-0.3, -0.25) is 4.79 Å². The predicted octanol–water partition coefficient (Wildman–Crippen LogP) is 5.26. The van der Waals surface area contributed by atoms with E-state index in [0.717, 1.165) is 21.2 Å². The minimum Gasteiger partial charge on any atom is -0.462 e. The van der Waals surface area contributed by atoms with E-state index in [-0.39, 0.29) is 12.5 Å². The quantitative estimate of drug-likeness (QED) is 0.543. The summed E-state index contributed by atoms with van der Waals surface area (Å²) in [4.78, 5) is 24.4. The van der Waals surface area contributed by atoms with Crippen LogP contribution in [0.4, 0.5) is 5.00 Å². The topological polar surface area (TPSA) is 55.4 Å². The van der Waals surface area contributed by atoms with Crippen LogP contribution in [-0.2, 0) is 9.53 Å². The van der Waals surface area contributed by atoms with Gasteiger partial charge in [0.05, 0.1) is 6.61 Å². The summed E-state index contributed by atoms with van der Waals surface area (Å²) in [6.07, 6.45) is 1.49. The van der Waals surface area contributed by atoms with Crippen molar-refractivity contribution in [2.24, 2.45) is 0 Å². The average molecular weight is 408 g/mol. The number of hydrogen-bond donors (Lipinski definition) is 1. The van der Waals surface area contributed by atoms with Crippen molar-refractivity contribution in [1.29, 1.82) is 0 Å². The lowest BCUT2D eigenvalue weighted by molar-refractivity contribution is -0.111. The molecule has 0 saturated carbocycles. The van der Waals surface area contributed by atoms with E-state index in [4.69, 9.17) is 4.74 Å². The van der Waals surface area contributed by atoms with Crippen LogP contribution in [0.2, 0.25) is 0 Å². The molecule has 0 bridgehead atoms. The van der Waals surface area contributed by atoms with Gasteiger partial charge < -0.3 is 10.1 Å². The first-order valence-electron chi connectivity index (χ1n) is 7.42. The first kappa shape index (κ1) is 18.4. The molecular weight excluding hydrogens is 390 g/mol. The maximum Gasteiger partial charge on any atom is 0.341 e.